The summed E-state index contributed by atoms with van der Waals surface area (Å²) in [6.45, 7) is 7.32. The fraction of sp³-hybridized carbons (Fsp3) is 0.588. The van der Waals surface area contributed by atoms with Crippen molar-refractivity contribution in [2.75, 3.05) is 33.9 Å². The predicted octanol–water partition coefficient (Wildman–Crippen LogP) is 3.04. The molecule has 1 aromatic carbocycles. The third-order valence-electron chi connectivity index (χ3n) is 2.98. The molecule has 5 nitrogen and oxygen atoms in total. The van der Waals surface area contributed by atoms with Crippen molar-refractivity contribution in [1.82, 2.24) is 10.6 Å². The first-order valence-electron chi connectivity index (χ1n) is 7.81. The van der Waals surface area contributed by atoms with Crippen LogP contribution in [0.15, 0.2) is 29.3 Å². The molecule has 0 radical (unpaired) electrons. The molecule has 0 aliphatic heterocycles. The third-order valence-corrected chi connectivity index (χ3v) is 2.98. The summed E-state index contributed by atoms with van der Waals surface area (Å²) >= 11 is 0. The number of nitrogens with zero attached hydrogens (tertiary/aromatic N) is 1. The second-order valence-electron chi connectivity index (χ2n) is 5.55. The van der Waals surface area contributed by atoms with Gasteiger partial charge in [0.1, 0.15) is 5.75 Å². The van der Waals surface area contributed by atoms with Gasteiger partial charge < -0.3 is 20.1 Å². The Labute approximate surface area is 157 Å². The molecule has 23 heavy (non-hydrogen) atoms. The molecule has 1 aromatic rings. The highest BCUT2D eigenvalue weighted by molar-refractivity contribution is 14.0. The molecule has 0 bridgehead atoms. The van der Waals surface area contributed by atoms with Crippen LogP contribution in [0.5, 0.6) is 5.75 Å². The van der Waals surface area contributed by atoms with Gasteiger partial charge in [-0.3, -0.25) is 4.99 Å². The lowest BCUT2D eigenvalue weighted by Gasteiger charge is -2.13. The molecular formula is C17H30IN3O2. The van der Waals surface area contributed by atoms with Gasteiger partial charge in [0, 0.05) is 33.9 Å². The highest BCUT2D eigenvalue weighted by atomic mass is 127. The van der Waals surface area contributed by atoms with E-state index in [1.165, 1.54) is 5.56 Å². The molecule has 2 N–H and O–H groups in total. The zero-order valence-corrected chi connectivity index (χ0v) is 16.9. The SMILES string of the molecule is CN=C(NCCCOC)NCc1cccc(OCC(C)C)c1.I. The van der Waals surface area contributed by atoms with Gasteiger partial charge >= 0.3 is 0 Å². The number of aliphatic imine (C=N–C) groups is 1. The molecule has 0 atom stereocenters. The van der Waals surface area contributed by atoms with E-state index >= 15 is 0 Å². The first kappa shape index (κ1) is 22.0. The summed E-state index contributed by atoms with van der Waals surface area (Å²) in [5, 5.41) is 6.55. The molecule has 0 heterocycles. The lowest BCUT2D eigenvalue weighted by molar-refractivity contribution is 0.195. The van der Waals surface area contributed by atoms with Gasteiger partial charge in [0.15, 0.2) is 5.96 Å². The monoisotopic (exact) mass is 435 g/mol. The minimum absolute atomic E-state index is 0. The Morgan fingerprint density at radius 2 is 2.04 bits per heavy atom. The van der Waals surface area contributed by atoms with Gasteiger partial charge in [-0.15, -0.1) is 24.0 Å². The largest absolute Gasteiger partial charge is 0.493 e. The van der Waals surface area contributed by atoms with E-state index in [0.29, 0.717) is 12.5 Å². The zero-order chi connectivity index (χ0) is 16.2. The average Bonchev–Trinajstić information content (AvgIpc) is 2.52. The maximum atomic E-state index is 5.75. The number of guanidine groups is 1. The molecule has 0 amide bonds. The molecular weight excluding hydrogens is 405 g/mol. The van der Waals surface area contributed by atoms with Crippen molar-refractivity contribution >= 4 is 29.9 Å². The molecule has 0 spiro atoms. The van der Waals surface area contributed by atoms with E-state index in [0.717, 1.165) is 37.9 Å². The summed E-state index contributed by atoms with van der Waals surface area (Å²) in [6, 6.07) is 8.15. The van der Waals surface area contributed by atoms with Crippen LogP contribution in [-0.2, 0) is 11.3 Å². The standard InChI is InChI=1S/C17H29N3O2.HI/c1-14(2)13-22-16-8-5-7-15(11-16)12-20-17(18-3)19-9-6-10-21-4;/h5,7-8,11,14H,6,9-10,12-13H2,1-4H3,(H2,18,19,20);1H. The maximum absolute atomic E-state index is 5.75. The van der Waals surface area contributed by atoms with Crippen molar-refractivity contribution in [2.24, 2.45) is 10.9 Å². The summed E-state index contributed by atoms with van der Waals surface area (Å²) in [7, 11) is 3.48. The van der Waals surface area contributed by atoms with Crippen LogP contribution in [0.1, 0.15) is 25.8 Å². The van der Waals surface area contributed by atoms with E-state index in [9.17, 15) is 0 Å². The Kier molecular flexibility index (Phi) is 12.8. The minimum Gasteiger partial charge on any atom is -0.493 e. The van der Waals surface area contributed by atoms with Crippen LogP contribution < -0.4 is 15.4 Å². The second kappa shape index (κ2) is 13.4. The third kappa shape index (κ3) is 10.4. The molecule has 6 heteroatoms. The van der Waals surface area contributed by atoms with Crippen molar-refractivity contribution in [2.45, 2.75) is 26.8 Å². The molecule has 0 aromatic heterocycles. The molecule has 0 aliphatic rings. The number of halogens is 1. The van der Waals surface area contributed by atoms with Gasteiger partial charge in [0.25, 0.3) is 0 Å². The van der Waals surface area contributed by atoms with Gasteiger partial charge in [-0.05, 0) is 30.0 Å². The van der Waals surface area contributed by atoms with Crippen LogP contribution in [0.4, 0.5) is 0 Å². The fourth-order valence-corrected chi connectivity index (χ4v) is 1.84. The van der Waals surface area contributed by atoms with Gasteiger partial charge in [-0.2, -0.15) is 0 Å². The van der Waals surface area contributed by atoms with Crippen LogP contribution in [0, 0.1) is 5.92 Å². The lowest BCUT2D eigenvalue weighted by Crippen LogP contribution is -2.37. The molecule has 0 unspecified atom stereocenters. The Balaban J connectivity index is 0.00000484. The van der Waals surface area contributed by atoms with Crippen molar-refractivity contribution in [3.63, 3.8) is 0 Å². The van der Waals surface area contributed by atoms with E-state index in [-0.39, 0.29) is 24.0 Å². The predicted molar refractivity (Wildman–Crippen MR) is 107 cm³/mol. The minimum atomic E-state index is 0. The van der Waals surface area contributed by atoms with Crippen molar-refractivity contribution in [3.05, 3.63) is 29.8 Å². The van der Waals surface area contributed by atoms with Crippen LogP contribution in [0.3, 0.4) is 0 Å². The Morgan fingerprint density at radius 3 is 2.70 bits per heavy atom. The number of ether oxygens (including phenoxy) is 2. The van der Waals surface area contributed by atoms with E-state index in [2.05, 4.69) is 41.6 Å². The smallest absolute Gasteiger partial charge is 0.191 e. The van der Waals surface area contributed by atoms with Crippen molar-refractivity contribution in [3.8, 4) is 5.75 Å². The highest BCUT2D eigenvalue weighted by Gasteiger charge is 2.01. The van der Waals surface area contributed by atoms with Gasteiger partial charge in [0.2, 0.25) is 0 Å². The Morgan fingerprint density at radius 1 is 1.26 bits per heavy atom. The number of hydrogen-bond donors (Lipinski definition) is 2. The molecule has 0 saturated heterocycles. The van der Waals surface area contributed by atoms with E-state index in [1.54, 1.807) is 14.2 Å². The van der Waals surface area contributed by atoms with E-state index in [1.807, 2.05) is 12.1 Å². The Bertz CT molecular complexity index is 453. The summed E-state index contributed by atoms with van der Waals surface area (Å²) < 4.78 is 10.8. The van der Waals surface area contributed by atoms with E-state index in [4.69, 9.17) is 9.47 Å². The summed E-state index contributed by atoms with van der Waals surface area (Å²) in [5.41, 5.74) is 1.17. The molecule has 0 aliphatic carbocycles. The highest BCUT2D eigenvalue weighted by Crippen LogP contribution is 2.14. The Hall–Kier alpha value is -1.02. The average molecular weight is 435 g/mol. The van der Waals surface area contributed by atoms with Crippen LogP contribution >= 0.6 is 24.0 Å². The van der Waals surface area contributed by atoms with E-state index < -0.39 is 0 Å². The van der Waals surface area contributed by atoms with Crippen molar-refractivity contribution < 1.29 is 9.47 Å². The first-order chi connectivity index (χ1) is 10.7. The number of rotatable bonds is 9. The normalized spacial score (nSPS) is 11.1. The summed E-state index contributed by atoms with van der Waals surface area (Å²) in [5.74, 6) is 2.23. The van der Waals surface area contributed by atoms with Gasteiger partial charge in [0.05, 0.1) is 6.61 Å². The number of nitrogens with one attached hydrogen (secondary N) is 2. The number of benzene rings is 1. The molecule has 0 fully saturated rings. The van der Waals surface area contributed by atoms with Gasteiger partial charge in [-0.25, -0.2) is 0 Å². The maximum Gasteiger partial charge on any atom is 0.191 e. The zero-order valence-electron chi connectivity index (χ0n) is 14.6. The topological polar surface area (TPSA) is 54.9 Å². The molecule has 132 valence electrons. The number of methoxy groups -OCH3 is 1. The first-order valence-corrected chi connectivity index (χ1v) is 7.81. The van der Waals surface area contributed by atoms with Gasteiger partial charge in [-0.1, -0.05) is 26.0 Å². The second-order valence-corrected chi connectivity index (χ2v) is 5.55. The summed E-state index contributed by atoms with van der Waals surface area (Å²) in [6.07, 6.45) is 0.954. The molecule has 1 rings (SSSR count). The van der Waals surface area contributed by atoms with Crippen LogP contribution in [0.2, 0.25) is 0 Å². The quantitative estimate of drug-likeness (QED) is 0.271. The van der Waals surface area contributed by atoms with Crippen LogP contribution in [0.25, 0.3) is 0 Å². The lowest BCUT2D eigenvalue weighted by atomic mass is 10.2. The fourth-order valence-electron chi connectivity index (χ4n) is 1.84. The number of hydrogen-bond acceptors (Lipinski definition) is 3. The molecule has 0 saturated carbocycles. The van der Waals surface area contributed by atoms with Crippen LogP contribution in [-0.4, -0.2) is 39.9 Å². The van der Waals surface area contributed by atoms with Crippen molar-refractivity contribution in [1.29, 1.82) is 0 Å². The summed E-state index contributed by atoms with van der Waals surface area (Å²) in [4.78, 5) is 4.21.